The summed E-state index contributed by atoms with van der Waals surface area (Å²) in [6, 6.07) is 7.57. The van der Waals surface area contributed by atoms with E-state index in [1.165, 1.54) is 5.56 Å². The van der Waals surface area contributed by atoms with Crippen LogP contribution in [0.25, 0.3) is 0 Å². The molecule has 0 heterocycles. The topological polar surface area (TPSA) is 32.3 Å². The van der Waals surface area contributed by atoms with Crippen molar-refractivity contribution in [3.63, 3.8) is 0 Å². The molecule has 2 heteroatoms. The number of hydrogen-bond donors (Lipinski definition) is 2. The molecule has 1 aromatic carbocycles. The molecule has 0 saturated carbocycles. The second kappa shape index (κ2) is 6.24. The zero-order chi connectivity index (χ0) is 13.8. The molecule has 1 rings (SSSR count). The van der Waals surface area contributed by atoms with Crippen molar-refractivity contribution in [1.82, 2.24) is 5.32 Å². The predicted octanol–water partition coefficient (Wildman–Crippen LogP) is 3.60. The summed E-state index contributed by atoms with van der Waals surface area (Å²) in [6.45, 7) is 12.2. The fraction of sp³-hybridized carbons (Fsp3) is 0.625. The third kappa shape index (κ3) is 5.54. The molecular weight excluding hydrogens is 222 g/mol. The maximum atomic E-state index is 9.30. The van der Waals surface area contributed by atoms with E-state index in [0.717, 1.165) is 13.0 Å². The Kier molecular flexibility index (Phi) is 5.21. The molecular formula is C16H27NO. The zero-order valence-corrected chi connectivity index (χ0v) is 12.3. The SMILES string of the molecule is CC(C)C(CNC(C)(C)C)Cc1ccc(O)cc1. The summed E-state index contributed by atoms with van der Waals surface area (Å²) in [6.07, 6.45) is 1.06. The number of benzene rings is 1. The van der Waals surface area contributed by atoms with Gasteiger partial charge in [-0.2, -0.15) is 0 Å². The van der Waals surface area contributed by atoms with Gasteiger partial charge in [0.1, 0.15) is 5.75 Å². The van der Waals surface area contributed by atoms with Gasteiger partial charge in [-0.25, -0.2) is 0 Å². The van der Waals surface area contributed by atoms with E-state index >= 15 is 0 Å². The van der Waals surface area contributed by atoms with Crippen LogP contribution in [0.5, 0.6) is 5.75 Å². The fourth-order valence-corrected chi connectivity index (χ4v) is 1.92. The van der Waals surface area contributed by atoms with Gasteiger partial charge in [0.15, 0.2) is 0 Å². The Labute approximate surface area is 111 Å². The minimum Gasteiger partial charge on any atom is -0.508 e. The fourth-order valence-electron chi connectivity index (χ4n) is 1.92. The molecule has 0 radical (unpaired) electrons. The van der Waals surface area contributed by atoms with Gasteiger partial charge >= 0.3 is 0 Å². The van der Waals surface area contributed by atoms with Crippen molar-refractivity contribution in [2.24, 2.45) is 11.8 Å². The second-order valence-electron chi connectivity index (χ2n) is 6.51. The lowest BCUT2D eigenvalue weighted by Gasteiger charge is -2.27. The van der Waals surface area contributed by atoms with Gasteiger partial charge in [-0.15, -0.1) is 0 Å². The number of hydrogen-bond acceptors (Lipinski definition) is 2. The van der Waals surface area contributed by atoms with Gasteiger partial charge in [0.2, 0.25) is 0 Å². The Morgan fingerprint density at radius 2 is 1.67 bits per heavy atom. The summed E-state index contributed by atoms with van der Waals surface area (Å²) in [5.41, 5.74) is 1.46. The molecule has 2 N–H and O–H groups in total. The molecule has 0 aliphatic heterocycles. The normalized spacial score (nSPS) is 13.9. The van der Waals surface area contributed by atoms with Gasteiger partial charge in [0, 0.05) is 5.54 Å². The first-order valence-corrected chi connectivity index (χ1v) is 6.81. The summed E-state index contributed by atoms with van der Waals surface area (Å²) in [7, 11) is 0. The lowest BCUT2D eigenvalue weighted by molar-refractivity contribution is 0.312. The lowest BCUT2D eigenvalue weighted by Crippen LogP contribution is -2.40. The molecule has 0 bridgehead atoms. The van der Waals surface area contributed by atoms with Crippen LogP contribution in [0.4, 0.5) is 0 Å². The minimum absolute atomic E-state index is 0.169. The average molecular weight is 249 g/mol. The Hall–Kier alpha value is -1.02. The van der Waals surface area contributed by atoms with E-state index < -0.39 is 0 Å². The Balaban J connectivity index is 2.60. The van der Waals surface area contributed by atoms with Crippen molar-refractivity contribution in [1.29, 1.82) is 0 Å². The van der Waals surface area contributed by atoms with Crippen LogP contribution in [0.1, 0.15) is 40.2 Å². The van der Waals surface area contributed by atoms with Crippen molar-refractivity contribution in [2.45, 2.75) is 46.6 Å². The molecule has 2 nitrogen and oxygen atoms in total. The van der Waals surface area contributed by atoms with Crippen molar-refractivity contribution >= 4 is 0 Å². The number of nitrogens with one attached hydrogen (secondary N) is 1. The van der Waals surface area contributed by atoms with Crippen LogP contribution in [-0.4, -0.2) is 17.2 Å². The number of rotatable bonds is 5. The first-order chi connectivity index (χ1) is 8.28. The predicted molar refractivity (Wildman–Crippen MR) is 77.9 cm³/mol. The summed E-state index contributed by atoms with van der Waals surface area (Å²) in [5, 5.41) is 12.9. The summed E-state index contributed by atoms with van der Waals surface area (Å²) in [5.74, 6) is 1.61. The molecule has 0 amide bonds. The average Bonchev–Trinajstić information content (AvgIpc) is 2.25. The van der Waals surface area contributed by atoms with Crippen LogP contribution in [0.2, 0.25) is 0 Å². The summed E-state index contributed by atoms with van der Waals surface area (Å²) in [4.78, 5) is 0. The quantitative estimate of drug-likeness (QED) is 0.835. The third-order valence-corrected chi connectivity index (χ3v) is 3.27. The van der Waals surface area contributed by atoms with Gasteiger partial charge in [-0.1, -0.05) is 26.0 Å². The standard InChI is InChI=1S/C16H27NO/c1-12(2)14(11-17-16(3,4)5)10-13-6-8-15(18)9-7-13/h6-9,12,14,17-18H,10-11H2,1-5H3. The van der Waals surface area contributed by atoms with E-state index in [-0.39, 0.29) is 5.54 Å². The largest absolute Gasteiger partial charge is 0.508 e. The molecule has 0 fully saturated rings. The zero-order valence-electron chi connectivity index (χ0n) is 12.3. The van der Waals surface area contributed by atoms with E-state index in [4.69, 9.17) is 0 Å². The number of phenolic OH excluding ortho intramolecular Hbond substituents is 1. The molecule has 0 spiro atoms. The molecule has 0 aromatic heterocycles. The smallest absolute Gasteiger partial charge is 0.115 e. The van der Waals surface area contributed by atoms with Gasteiger partial charge in [-0.3, -0.25) is 0 Å². The first-order valence-electron chi connectivity index (χ1n) is 6.81. The summed E-state index contributed by atoms with van der Waals surface area (Å²) < 4.78 is 0. The molecule has 0 aliphatic rings. The highest BCUT2D eigenvalue weighted by molar-refractivity contribution is 5.26. The van der Waals surface area contributed by atoms with Crippen molar-refractivity contribution in [2.75, 3.05) is 6.54 Å². The van der Waals surface area contributed by atoms with E-state index in [1.54, 1.807) is 12.1 Å². The van der Waals surface area contributed by atoms with Crippen LogP contribution in [-0.2, 0) is 6.42 Å². The number of phenols is 1. The molecule has 0 saturated heterocycles. The molecule has 0 aliphatic carbocycles. The highest BCUT2D eigenvalue weighted by atomic mass is 16.3. The van der Waals surface area contributed by atoms with Crippen molar-refractivity contribution in [3.05, 3.63) is 29.8 Å². The number of aromatic hydroxyl groups is 1. The minimum atomic E-state index is 0.169. The van der Waals surface area contributed by atoms with Crippen LogP contribution in [0.15, 0.2) is 24.3 Å². The molecule has 1 unspecified atom stereocenters. The first kappa shape index (κ1) is 15.0. The highest BCUT2D eigenvalue weighted by Crippen LogP contribution is 2.19. The molecule has 102 valence electrons. The second-order valence-corrected chi connectivity index (χ2v) is 6.51. The molecule has 1 aromatic rings. The van der Waals surface area contributed by atoms with Gasteiger partial charge < -0.3 is 10.4 Å². The summed E-state index contributed by atoms with van der Waals surface area (Å²) >= 11 is 0. The van der Waals surface area contributed by atoms with Gasteiger partial charge in [-0.05, 0) is 63.3 Å². The van der Waals surface area contributed by atoms with E-state index in [0.29, 0.717) is 17.6 Å². The van der Waals surface area contributed by atoms with Gasteiger partial charge in [0.05, 0.1) is 0 Å². The van der Waals surface area contributed by atoms with Gasteiger partial charge in [0.25, 0.3) is 0 Å². The van der Waals surface area contributed by atoms with E-state index in [2.05, 4.69) is 39.9 Å². The lowest BCUT2D eigenvalue weighted by atomic mass is 9.88. The van der Waals surface area contributed by atoms with Crippen LogP contribution in [0.3, 0.4) is 0 Å². The van der Waals surface area contributed by atoms with E-state index in [1.807, 2.05) is 12.1 Å². The maximum Gasteiger partial charge on any atom is 0.115 e. The third-order valence-electron chi connectivity index (χ3n) is 3.27. The molecule has 1 atom stereocenters. The molecule has 18 heavy (non-hydrogen) atoms. The van der Waals surface area contributed by atoms with Crippen molar-refractivity contribution in [3.8, 4) is 5.75 Å². The van der Waals surface area contributed by atoms with E-state index in [9.17, 15) is 5.11 Å². The Bertz CT molecular complexity index is 348. The highest BCUT2D eigenvalue weighted by Gasteiger charge is 2.17. The van der Waals surface area contributed by atoms with Crippen LogP contribution >= 0.6 is 0 Å². The van der Waals surface area contributed by atoms with Crippen molar-refractivity contribution < 1.29 is 5.11 Å². The Morgan fingerprint density at radius 1 is 1.11 bits per heavy atom. The van der Waals surface area contributed by atoms with Crippen LogP contribution in [0, 0.1) is 11.8 Å². The van der Waals surface area contributed by atoms with Crippen LogP contribution < -0.4 is 5.32 Å². The maximum absolute atomic E-state index is 9.30. The Morgan fingerprint density at radius 3 is 2.11 bits per heavy atom. The monoisotopic (exact) mass is 249 g/mol.